The molecule has 1 aromatic heterocycles. The summed E-state index contributed by atoms with van der Waals surface area (Å²) < 4.78 is 14.6. The summed E-state index contributed by atoms with van der Waals surface area (Å²) in [6.07, 6.45) is 2.06. The zero-order valence-corrected chi connectivity index (χ0v) is 13.5. The molecule has 2 aromatic rings. The summed E-state index contributed by atoms with van der Waals surface area (Å²) in [4.78, 5) is 19.4. The quantitative estimate of drug-likeness (QED) is 0.944. The van der Waals surface area contributed by atoms with Gasteiger partial charge in [-0.25, -0.2) is 9.37 Å². The van der Waals surface area contributed by atoms with Gasteiger partial charge < -0.3 is 10.6 Å². The van der Waals surface area contributed by atoms with Gasteiger partial charge in [-0.05, 0) is 38.8 Å². The second-order valence-corrected chi connectivity index (χ2v) is 6.74. The highest BCUT2D eigenvalue weighted by atomic mass is 32.1. The molecule has 1 fully saturated rings. The van der Waals surface area contributed by atoms with E-state index in [1.54, 1.807) is 0 Å². The number of amides is 1. The summed E-state index contributed by atoms with van der Waals surface area (Å²) in [6.45, 7) is 5.47. The number of hydrogen-bond donors (Lipinski definition) is 1. The predicted molar refractivity (Wildman–Crippen MR) is 86.9 cm³/mol. The zero-order chi connectivity index (χ0) is 15.9. The van der Waals surface area contributed by atoms with E-state index in [0.29, 0.717) is 21.8 Å². The number of carbonyl (C=O) groups excluding carboxylic acids is 1. The Morgan fingerprint density at radius 1 is 1.32 bits per heavy atom. The van der Waals surface area contributed by atoms with Crippen LogP contribution in [0.4, 0.5) is 10.1 Å². The lowest BCUT2D eigenvalue weighted by molar-refractivity contribution is 0.100. The van der Waals surface area contributed by atoms with Crippen molar-refractivity contribution in [3.8, 4) is 10.6 Å². The maximum absolute atomic E-state index is 14.6. The van der Waals surface area contributed by atoms with Crippen molar-refractivity contribution in [2.75, 3.05) is 18.0 Å². The lowest BCUT2D eigenvalue weighted by Crippen LogP contribution is -2.24. The van der Waals surface area contributed by atoms with Gasteiger partial charge in [-0.2, -0.15) is 0 Å². The van der Waals surface area contributed by atoms with Crippen molar-refractivity contribution in [3.63, 3.8) is 0 Å². The van der Waals surface area contributed by atoms with Crippen LogP contribution in [0.2, 0.25) is 0 Å². The lowest BCUT2D eigenvalue weighted by atomic mass is 10.0. The fourth-order valence-electron chi connectivity index (χ4n) is 2.82. The molecule has 1 aliphatic rings. The average molecular weight is 319 g/mol. The van der Waals surface area contributed by atoms with E-state index in [1.807, 2.05) is 18.7 Å². The Labute approximate surface area is 132 Å². The second kappa shape index (κ2) is 5.68. The van der Waals surface area contributed by atoms with Gasteiger partial charge in [0.15, 0.2) is 0 Å². The van der Waals surface area contributed by atoms with E-state index in [1.165, 1.54) is 23.5 Å². The highest BCUT2D eigenvalue weighted by molar-refractivity contribution is 7.15. The van der Waals surface area contributed by atoms with Crippen LogP contribution in [-0.4, -0.2) is 24.0 Å². The van der Waals surface area contributed by atoms with Gasteiger partial charge in [0, 0.05) is 18.0 Å². The van der Waals surface area contributed by atoms with Gasteiger partial charge in [0.2, 0.25) is 0 Å². The molecule has 1 amide bonds. The van der Waals surface area contributed by atoms with Gasteiger partial charge in [-0.1, -0.05) is 0 Å². The second-order valence-electron chi connectivity index (χ2n) is 5.54. The number of nitrogens with zero attached hydrogens (tertiary/aromatic N) is 2. The molecule has 0 saturated carbocycles. The fraction of sp³-hybridized carbons (Fsp3) is 0.375. The molecular weight excluding hydrogens is 301 g/mol. The molecular formula is C16H18FN3OS. The largest absolute Gasteiger partial charge is 0.370 e. The molecule has 0 unspecified atom stereocenters. The van der Waals surface area contributed by atoms with E-state index in [9.17, 15) is 9.18 Å². The summed E-state index contributed by atoms with van der Waals surface area (Å²) in [5.41, 5.74) is 7.76. The van der Waals surface area contributed by atoms with Gasteiger partial charge >= 0.3 is 0 Å². The van der Waals surface area contributed by atoms with Crippen LogP contribution in [0.1, 0.15) is 33.8 Å². The summed E-state index contributed by atoms with van der Waals surface area (Å²) in [5, 5.41) is 0.609. The number of aryl methyl sites for hydroxylation is 2. The maximum Gasteiger partial charge on any atom is 0.250 e. The van der Waals surface area contributed by atoms with Gasteiger partial charge in [-0.15, -0.1) is 11.3 Å². The van der Waals surface area contributed by atoms with E-state index in [-0.39, 0.29) is 5.82 Å². The molecule has 1 saturated heterocycles. The number of anilines is 1. The monoisotopic (exact) mass is 319 g/mol. The smallest absolute Gasteiger partial charge is 0.250 e. The maximum atomic E-state index is 14.6. The summed E-state index contributed by atoms with van der Waals surface area (Å²) >= 11 is 1.45. The number of primary amides is 1. The van der Waals surface area contributed by atoms with Crippen molar-refractivity contribution in [3.05, 3.63) is 34.1 Å². The SMILES string of the molecule is Cc1nc(-c2c(F)ccc(C(N)=O)c2N2CCCC2)sc1C. The molecule has 0 bridgehead atoms. The molecule has 4 nitrogen and oxygen atoms in total. The van der Waals surface area contributed by atoms with Gasteiger partial charge in [-0.3, -0.25) is 4.79 Å². The summed E-state index contributed by atoms with van der Waals surface area (Å²) in [5.74, 6) is -0.895. The number of aromatic nitrogens is 1. The zero-order valence-electron chi connectivity index (χ0n) is 12.6. The first-order valence-corrected chi connectivity index (χ1v) is 8.12. The number of carbonyl (C=O) groups is 1. The standard InChI is InChI=1S/C16H18FN3OS/c1-9-10(2)22-16(19-9)13-12(17)6-5-11(15(18)21)14(13)20-7-3-4-8-20/h5-6H,3-4,7-8H2,1-2H3,(H2,18,21). The fourth-order valence-corrected chi connectivity index (χ4v) is 3.78. The molecule has 0 radical (unpaired) electrons. The first-order chi connectivity index (χ1) is 10.5. The summed E-state index contributed by atoms with van der Waals surface area (Å²) in [7, 11) is 0. The molecule has 2 N–H and O–H groups in total. The Bertz CT molecular complexity index is 716. The lowest BCUT2D eigenvalue weighted by Gasteiger charge is -2.23. The third-order valence-corrected chi connectivity index (χ3v) is 5.15. The number of hydrogen-bond acceptors (Lipinski definition) is 4. The minimum atomic E-state index is -0.534. The van der Waals surface area contributed by atoms with Gasteiger partial charge in [0.1, 0.15) is 10.8 Å². The van der Waals surface area contributed by atoms with Crippen molar-refractivity contribution >= 4 is 22.9 Å². The molecule has 0 atom stereocenters. The van der Waals surface area contributed by atoms with E-state index in [2.05, 4.69) is 4.98 Å². The highest BCUT2D eigenvalue weighted by Crippen LogP contribution is 2.40. The first-order valence-electron chi connectivity index (χ1n) is 7.30. The topological polar surface area (TPSA) is 59.2 Å². The minimum absolute atomic E-state index is 0.361. The van der Waals surface area contributed by atoms with Crippen LogP contribution >= 0.6 is 11.3 Å². The Hall–Kier alpha value is -1.95. The van der Waals surface area contributed by atoms with Crippen molar-refractivity contribution in [1.82, 2.24) is 4.98 Å². The third kappa shape index (κ3) is 2.47. The molecule has 0 spiro atoms. The van der Waals surface area contributed by atoms with Crippen molar-refractivity contribution < 1.29 is 9.18 Å². The van der Waals surface area contributed by atoms with Gasteiger partial charge in [0.25, 0.3) is 5.91 Å². The van der Waals surface area contributed by atoms with Crippen molar-refractivity contribution in [2.24, 2.45) is 5.73 Å². The van der Waals surface area contributed by atoms with Crippen LogP contribution in [0.15, 0.2) is 12.1 Å². The first kappa shape index (κ1) is 15.0. The number of thiazole rings is 1. The number of rotatable bonds is 3. The Morgan fingerprint density at radius 2 is 2.00 bits per heavy atom. The molecule has 1 aliphatic heterocycles. The van der Waals surface area contributed by atoms with Crippen LogP contribution in [-0.2, 0) is 0 Å². The Kier molecular flexibility index (Phi) is 3.87. The van der Waals surface area contributed by atoms with Crippen molar-refractivity contribution in [1.29, 1.82) is 0 Å². The number of benzene rings is 1. The van der Waals surface area contributed by atoms with Crippen molar-refractivity contribution in [2.45, 2.75) is 26.7 Å². The molecule has 116 valence electrons. The Balaban J connectivity index is 2.26. The third-order valence-electron chi connectivity index (χ3n) is 4.06. The van der Waals surface area contributed by atoms with E-state index >= 15 is 0 Å². The van der Waals surface area contributed by atoms with Crippen LogP contribution in [0.25, 0.3) is 10.6 Å². The number of nitrogens with two attached hydrogens (primary N) is 1. The van der Waals surface area contributed by atoms with E-state index < -0.39 is 5.91 Å². The van der Waals surface area contributed by atoms with E-state index in [0.717, 1.165) is 36.5 Å². The number of halogens is 1. The van der Waals surface area contributed by atoms with Crippen LogP contribution < -0.4 is 10.6 Å². The molecule has 3 rings (SSSR count). The predicted octanol–water partition coefficient (Wildman–Crippen LogP) is 3.27. The van der Waals surface area contributed by atoms with Crippen LogP contribution in [0.5, 0.6) is 0 Å². The molecule has 2 heterocycles. The average Bonchev–Trinajstić information content (AvgIpc) is 3.09. The minimum Gasteiger partial charge on any atom is -0.370 e. The van der Waals surface area contributed by atoms with E-state index in [4.69, 9.17) is 5.73 Å². The Morgan fingerprint density at radius 3 is 2.55 bits per heavy atom. The molecule has 1 aromatic carbocycles. The normalized spacial score (nSPS) is 14.6. The van der Waals surface area contributed by atoms with Crippen LogP contribution in [0.3, 0.4) is 0 Å². The van der Waals surface area contributed by atoms with Gasteiger partial charge in [0.05, 0.1) is 22.5 Å². The molecule has 0 aliphatic carbocycles. The van der Waals surface area contributed by atoms with Crippen LogP contribution in [0, 0.1) is 19.7 Å². The summed E-state index contributed by atoms with van der Waals surface area (Å²) in [6, 6.07) is 2.78. The molecule has 6 heteroatoms. The molecule has 22 heavy (non-hydrogen) atoms. The highest BCUT2D eigenvalue weighted by Gasteiger charge is 2.26.